The molecule has 21 heavy (non-hydrogen) atoms. The van der Waals surface area contributed by atoms with Crippen molar-refractivity contribution in [3.63, 3.8) is 0 Å². The normalized spacial score (nSPS) is 14.3. The molecule has 0 bridgehead atoms. The smallest absolute Gasteiger partial charge is 0.340 e. The van der Waals surface area contributed by atoms with Crippen molar-refractivity contribution < 1.29 is 9.21 Å². The van der Waals surface area contributed by atoms with Gasteiger partial charge in [0, 0.05) is 11.9 Å². The van der Waals surface area contributed by atoms with Crippen molar-refractivity contribution in [2.75, 3.05) is 0 Å². The number of amides is 1. The molecule has 1 heterocycles. The Morgan fingerprint density at radius 1 is 1.38 bits per heavy atom. The zero-order valence-corrected chi connectivity index (χ0v) is 12.5. The van der Waals surface area contributed by atoms with E-state index in [9.17, 15) is 9.59 Å². The van der Waals surface area contributed by atoms with Crippen molar-refractivity contribution in [2.45, 2.75) is 32.9 Å². The van der Waals surface area contributed by atoms with Gasteiger partial charge in [0.1, 0.15) is 5.58 Å². The number of fused-ring (bicyclic) bond motifs is 1. The summed E-state index contributed by atoms with van der Waals surface area (Å²) in [6, 6.07) is 9.08. The first-order chi connectivity index (χ1) is 9.84. The molecule has 1 aromatic carbocycles. The lowest BCUT2D eigenvalue weighted by molar-refractivity contribution is -0.125. The molecule has 0 aliphatic heterocycles. The number of rotatable bonds is 5. The molecule has 1 aromatic heterocycles. The molecule has 1 amide bonds. The Kier molecular flexibility index (Phi) is 4.14. The number of hydrogen-bond acceptors (Lipinski definition) is 4. The summed E-state index contributed by atoms with van der Waals surface area (Å²) in [6.07, 6.45) is 0. The molecule has 0 saturated heterocycles. The summed E-state index contributed by atoms with van der Waals surface area (Å²) in [4.78, 5) is 23.6. The Bertz CT molecular complexity index is 721. The van der Waals surface area contributed by atoms with Crippen molar-refractivity contribution in [3.05, 3.63) is 46.3 Å². The van der Waals surface area contributed by atoms with Crippen LogP contribution in [0, 0.1) is 5.92 Å². The molecule has 2 rings (SSSR count). The fourth-order valence-corrected chi connectivity index (χ4v) is 2.08. The molecule has 0 spiro atoms. The summed E-state index contributed by atoms with van der Waals surface area (Å²) in [5, 5.41) is 3.93. The summed E-state index contributed by atoms with van der Waals surface area (Å²) in [5.41, 5.74) is 5.20. The minimum Gasteiger partial charge on any atom is -0.422 e. The number of para-hydroxylation sites is 1. The van der Waals surface area contributed by atoms with E-state index in [-0.39, 0.29) is 12.5 Å². The van der Waals surface area contributed by atoms with Gasteiger partial charge in [-0.1, -0.05) is 32.0 Å². The van der Waals surface area contributed by atoms with Crippen LogP contribution in [0.4, 0.5) is 0 Å². The van der Waals surface area contributed by atoms with Crippen LogP contribution in [-0.2, 0) is 11.3 Å². The van der Waals surface area contributed by atoms with Gasteiger partial charge in [0.2, 0.25) is 5.91 Å². The number of hydrogen-bond donors (Lipinski definition) is 2. The van der Waals surface area contributed by atoms with Gasteiger partial charge in [0.05, 0.1) is 11.1 Å². The van der Waals surface area contributed by atoms with Crippen molar-refractivity contribution >= 4 is 16.9 Å². The maximum Gasteiger partial charge on any atom is 0.340 e. The van der Waals surface area contributed by atoms with Gasteiger partial charge in [-0.25, -0.2) is 4.79 Å². The van der Waals surface area contributed by atoms with E-state index in [2.05, 4.69) is 5.32 Å². The minimum atomic E-state index is -0.877. The molecule has 1 unspecified atom stereocenters. The van der Waals surface area contributed by atoms with Gasteiger partial charge >= 0.3 is 5.63 Å². The first-order valence-corrected chi connectivity index (χ1v) is 6.91. The molecule has 0 radical (unpaired) electrons. The molecule has 0 fully saturated rings. The molecule has 3 N–H and O–H groups in total. The van der Waals surface area contributed by atoms with E-state index < -0.39 is 17.1 Å². The molecule has 1 atom stereocenters. The van der Waals surface area contributed by atoms with Crippen LogP contribution in [0.25, 0.3) is 11.0 Å². The van der Waals surface area contributed by atoms with E-state index in [0.717, 1.165) is 5.39 Å². The first-order valence-electron chi connectivity index (χ1n) is 6.91. The topological polar surface area (TPSA) is 85.3 Å². The molecule has 0 aliphatic rings. The fourth-order valence-electron chi connectivity index (χ4n) is 2.08. The van der Waals surface area contributed by atoms with Gasteiger partial charge in [0.25, 0.3) is 0 Å². The average molecular weight is 288 g/mol. The van der Waals surface area contributed by atoms with Crippen molar-refractivity contribution in [1.29, 1.82) is 0 Å². The zero-order valence-electron chi connectivity index (χ0n) is 12.5. The van der Waals surface area contributed by atoms with Gasteiger partial charge in [-0.2, -0.15) is 0 Å². The van der Waals surface area contributed by atoms with E-state index in [1.165, 1.54) is 0 Å². The lowest BCUT2D eigenvalue weighted by atomic mass is 9.87. The number of nitrogens with one attached hydrogen (secondary N) is 1. The number of benzene rings is 1. The standard InChI is InChI=1S/C16H20N2O3/c1-10(2)16(3,15(17)20)18-9-12-8-11-6-4-5-7-13(11)21-14(12)19/h4-8,10,18H,9H2,1-3H3,(H2,17,20). The molecule has 112 valence electrons. The Morgan fingerprint density at radius 3 is 2.67 bits per heavy atom. The van der Waals surface area contributed by atoms with E-state index in [4.69, 9.17) is 10.2 Å². The molecule has 5 heteroatoms. The summed E-state index contributed by atoms with van der Waals surface area (Å²) in [5.74, 6) is -0.440. The Hall–Kier alpha value is -2.14. The quantitative estimate of drug-likeness (QED) is 0.821. The van der Waals surface area contributed by atoms with Crippen molar-refractivity contribution in [1.82, 2.24) is 5.32 Å². The molecular formula is C16H20N2O3. The average Bonchev–Trinajstić information content (AvgIpc) is 2.44. The fraction of sp³-hybridized carbons (Fsp3) is 0.375. The molecule has 5 nitrogen and oxygen atoms in total. The number of carbonyl (C=O) groups excluding carboxylic acids is 1. The summed E-state index contributed by atoms with van der Waals surface area (Å²) in [6.45, 7) is 5.77. The third-order valence-electron chi connectivity index (χ3n) is 4.03. The Balaban J connectivity index is 2.30. The predicted octanol–water partition coefficient (Wildman–Crippen LogP) is 1.78. The highest BCUT2D eigenvalue weighted by Crippen LogP contribution is 2.17. The largest absolute Gasteiger partial charge is 0.422 e. The molecule has 2 aromatic rings. The molecular weight excluding hydrogens is 268 g/mol. The second-order valence-corrected chi connectivity index (χ2v) is 5.67. The monoisotopic (exact) mass is 288 g/mol. The molecule has 0 saturated carbocycles. The second-order valence-electron chi connectivity index (χ2n) is 5.67. The third kappa shape index (κ3) is 2.97. The highest BCUT2D eigenvalue weighted by molar-refractivity contribution is 5.84. The number of nitrogens with two attached hydrogens (primary N) is 1. The SMILES string of the molecule is CC(C)C(C)(NCc1cc2ccccc2oc1=O)C(N)=O. The van der Waals surface area contributed by atoms with E-state index in [0.29, 0.717) is 11.1 Å². The van der Waals surface area contributed by atoms with Crippen molar-refractivity contribution in [3.8, 4) is 0 Å². The maximum absolute atomic E-state index is 12.0. The van der Waals surface area contributed by atoms with Gasteiger partial charge < -0.3 is 10.2 Å². The predicted molar refractivity (Wildman–Crippen MR) is 81.8 cm³/mol. The van der Waals surface area contributed by atoms with E-state index in [1.54, 1.807) is 19.1 Å². The summed E-state index contributed by atoms with van der Waals surface area (Å²) >= 11 is 0. The number of primary amides is 1. The van der Waals surface area contributed by atoms with E-state index in [1.807, 2.05) is 32.0 Å². The highest BCUT2D eigenvalue weighted by Gasteiger charge is 2.34. The molecule has 0 aliphatic carbocycles. The first kappa shape index (κ1) is 15.3. The van der Waals surface area contributed by atoms with Gasteiger partial charge in [-0.15, -0.1) is 0 Å². The van der Waals surface area contributed by atoms with Crippen LogP contribution in [0.1, 0.15) is 26.3 Å². The zero-order chi connectivity index (χ0) is 15.6. The Morgan fingerprint density at radius 2 is 2.05 bits per heavy atom. The van der Waals surface area contributed by atoms with Gasteiger partial charge in [-0.05, 0) is 25.0 Å². The van der Waals surface area contributed by atoms with Crippen LogP contribution in [-0.4, -0.2) is 11.4 Å². The lowest BCUT2D eigenvalue weighted by Crippen LogP contribution is -2.56. The minimum absolute atomic E-state index is 0.00231. The number of carbonyl (C=O) groups is 1. The van der Waals surface area contributed by atoms with Crippen molar-refractivity contribution in [2.24, 2.45) is 11.7 Å². The van der Waals surface area contributed by atoms with Crippen LogP contribution in [0.3, 0.4) is 0 Å². The third-order valence-corrected chi connectivity index (χ3v) is 4.03. The van der Waals surface area contributed by atoms with Crippen LogP contribution >= 0.6 is 0 Å². The van der Waals surface area contributed by atoms with Gasteiger partial charge in [0.15, 0.2) is 0 Å². The lowest BCUT2D eigenvalue weighted by Gasteiger charge is -2.31. The highest BCUT2D eigenvalue weighted by atomic mass is 16.4. The van der Waals surface area contributed by atoms with Gasteiger partial charge in [-0.3, -0.25) is 10.1 Å². The second kappa shape index (κ2) is 5.69. The van der Waals surface area contributed by atoms with E-state index >= 15 is 0 Å². The Labute approximate surface area is 123 Å². The van der Waals surface area contributed by atoms with Crippen LogP contribution in [0.2, 0.25) is 0 Å². The maximum atomic E-state index is 12.0. The van der Waals surface area contributed by atoms with Crippen LogP contribution in [0.5, 0.6) is 0 Å². The summed E-state index contributed by atoms with van der Waals surface area (Å²) in [7, 11) is 0. The summed E-state index contributed by atoms with van der Waals surface area (Å²) < 4.78 is 5.27. The van der Waals surface area contributed by atoms with Crippen LogP contribution in [0.15, 0.2) is 39.5 Å². The van der Waals surface area contributed by atoms with Crippen LogP contribution < -0.4 is 16.7 Å².